The first-order valence-corrected chi connectivity index (χ1v) is 13.4. The highest BCUT2D eigenvalue weighted by Crippen LogP contribution is 2.30. The summed E-state index contributed by atoms with van der Waals surface area (Å²) in [7, 11) is 4.54. The van der Waals surface area contributed by atoms with Crippen LogP contribution in [0, 0.1) is 17.2 Å². The van der Waals surface area contributed by atoms with Crippen LogP contribution in [0.2, 0.25) is 0 Å². The maximum absolute atomic E-state index is 13.8. The second-order valence-electron chi connectivity index (χ2n) is 10.1. The van der Waals surface area contributed by atoms with Gasteiger partial charge in [0.2, 0.25) is 0 Å². The number of methoxy groups -OCH3 is 3. The molecule has 1 N–H and O–H groups in total. The van der Waals surface area contributed by atoms with Crippen molar-refractivity contribution in [2.45, 2.75) is 58.6 Å². The Kier molecular flexibility index (Phi) is 11.2. The van der Waals surface area contributed by atoms with Gasteiger partial charge in [-0.3, -0.25) is 9.59 Å². The second-order valence-corrected chi connectivity index (χ2v) is 10.1. The van der Waals surface area contributed by atoms with Crippen molar-refractivity contribution in [1.82, 2.24) is 5.32 Å². The largest absolute Gasteiger partial charge is 0.497 e. The number of benzene rings is 2. The quantitative estimate of drug-likeness (QED) is 0.308. The van der Waals surface area contributed by atoms with Crippen molar-refractivity contribution in [3.63, 3.8) is 0 Å². The number of allylic oxidation sites excluding steroid dienone is 4. The smallest absolute Gasteiger partial charge is 0.305 e. The van der Waals surface area contributed by atoms with Gasteiger partial charge in [-0.05, 0) is 66.1 Å². The molecule has 1 amide bonds. The molecule has 0 saturated carbocycles. The molecular formula is C32H38N2O6. The van der Waals surface area contributed by atoms with Crippen LogP contribution in [0.15, 0.2) is 59.9 Å². The van der Waals surface area contributed by atoms with Crippen molar-refractivity contribution in [2.75, 3.05) is 21.3 Å². The average molecular weight is 547 g/mol. The van der Waals surface area contributed by atoms with Crippen LogP contribution in [0.1, 0.15) is 72.6 Å². The third-order valence-electron chi connectivity index (χ3n) is 6.66. The number of carbonyl (C=O) groups excluding carboxylic acids is 2. The van der Waals surface area contributed by atoms with Crippen LogP contribution < -0.4 is 14.8 Å². The van der Waals surface area contributed by atoms with Crippen LogP contribution in [0.4, 0.5) is 0 Å². The standard InChI is InChI=1S/C32H38N2O6/c1-21(2)13-30(25-16-27(37-3)18-28(17-25)38-4)34-32(36)29-15-23(9-10-24(29)11-12-31(35)39-5)20-40-26-8-6-7-22(14-26)19-33/h7,9-10,14-18,21,30H,6,8,11-13,20H2,1-5H3,(H,34,36). The lowest BCUT2D eigenvalue weighted by atomic mass is 9.95. The Labute approximate surface area is 236 Å². The van der Waals surface area contributed by atoms with Crippen LogP contribution in [0.5, 0.6) is 11.5 Å². The van der Waals surface area contributed by atoms with Crippen LogP contribution >= 0.6 is 0 Å². The zero-order valence-corrected chi connectivity index (χ0v) is 23.9. The van der Waals surface area contributed by atoms with E-state index in [0.29, 0.717) is 41.4 Å². The lowest BCUT2D eigenvalue weighted by Crippen LogP contribution is -2.30. The fourth-order valence-corrected chi connectivity index (χ4v) is 4.54. The molecule has 0 aromatic heterocycles. The molecule has 0 aliphatic heterocycles. The molecule has 2 aromatic rings. The molecular weight excluding hydrogens is 508 g/mol. The SMILES string of the molecule is COC(=O)CCc1ccc(COC2=CC(C#N)=CCC2)cc1C(=O)NC(CC(C)C)c1cc(OC)cc(OC)c1. The van der Waals surface area contributed by atoms with Gasteiger partial charge in [-0.15, -0.1) is 0 Å². The number of carbonyl (C=O) groups is 2. The minimum atomic E-state index is -0.342. The summed E-state index contributed by atoms with van der Waals surface area (Å²) in [6.07, 6.45) is 6.33. The van der Waals surface area contributed by atoms with Gasteiger partial charge in [0.05, 0.1) is 44.8 Å². The summed E-state index contributed by atoms with van der Waals surface area (Å²) in [4.78, 5) is 25.7. The topological polar surface area (TPSA) is 107 Å². The molecule has 8 heteroatoms. The average Bonchev–Trinajstić information content (AvgIpc) is 2.98. The Morgan fingerprint density at radius 3 is 2.40 bits per heavy atom. The Hall–Kier alpha value is -4.25. The molecule has 8 nitrogen and oxygen atoms in total. The minimum Gasteiger partial charge on any atom is -0.497 e. The van der Waals surface area contributed by atoms with Gasteiger partial charge in [0.15, 0.2) is 0 Å². The zero-order chi connectivity index (χ0) is 29.1. The van der Waals surface area contributed by atoms with Gasteiger partial charge in [0.25, 0.3) is 5.91 Å². The van der Waals surface area contributed by atoms with Gasteiger partial charge in [-0.2, -0.15) is 5.26 Å². The Morgan fingerprint density at radius 2 is 1.77 bits per heavy atom. The molecule has 2 aromatic carbocycles. The zero-order valence-electron chi connectivity index (χ0n) is 23.9. The highest BCUT2D eigenvalue weighted by atomic mass is 16.5. The van der Waals surface area contributed by atoms with Crippen LogP contribution in [-0.2, 0) is 27.3 Å². The summed E-state index contributed by atoms with van der Waals surface area (Å²) in [5.74, 6) is 1.73. The summed E-state index contributed by atoms with van der Waals surface area (Å²) in [5.41, 5.74) is 3.49. The Balaban J connectivity index is 1.90. The third kappa shape index (κ3) is 8.63. The van der Waals surface area contributed by atoms with E-state index in [2.05, 4.69) is 25.2 Å². The summed E-state index contributed by atoms with van der Waals surface area (Å²) in [6, 6.07) is 13.0. The molecule has 40 heavy (non-hydrogen) atoms. The number of aryl methyl sites for hydroxylation is 1. The predicted octanol–water partition coefficient (Wildman–Crippen LogP) is 5.97. The van der Waals surface area contributed by atoms with Gasteiger partial charge in [-0.1, -0.05) is 32.1 Å². The number of rotatable bonds is 13. The van der Waals surface area contributed by atoms with Crippen LogP contribution in [-0.4, -0.2) is 33.2 Å². The lowest BCUT2D eigenvalue weighted by Gasteiger charge is -2.23. The van der Waals surface area contributed by atoms with Gasteiger partial charge < -0.3 is 24.3 Å². The predicted molar refractivity (Wildman–Crippen MR) is 152 cm³/mol. The van der Waals surface area contributed by atoms with Crippen molar-refractivity contribution in [2.24, 2.45) is 5.92 Å². The van der Waals surface area contributed by atoms with Crippen molar-refractivity contribution in [3.8, 4) is 17.6 Å². The Morgan fingerprint density at radius 1 is 1.05 bits per heavy atom. The van der Waals surface area contributed by atoms with Crippen LogP contribution in [0.25, 0.3) is 0 Å². The maximum Gasteiger partial charge on any atom is 0.305 e. The summed E-state index contributed by atoms with van der Waals surface area (Å²) >= 11 is 0. The molecule has 1 aliphatic carbocycles. The first-order valence-electron chi connectivity index (χ1n) is 13.4. The molecule has 0 fully saturated rings. The molecule has 3 rings (SSSR count). The maximum atomic E-state index is 13.8. The van der Waals surface area contributed by atoms with Gasteiger partial charge in [0, 0.05) is 24.5 Å². The Bertz CT molecular complexity index is 1280. The van der Waals surface area contributed by atoms with Gasteiger partial charge in [-0.25, -0.2) is 0 Å². The molecule has 0 bridgehead atoms. The van der Waals surface area contributed by atoms with Crippen LogP contribution in [0.3, 0.4) is 0 Å². The molecule has 1 unspecified atom stereocenters. The third-order valence-corrected chi connectivity index (χ3v) is 6.66. The normalized spacial score (nSPS) is 13.4. The number of nitrogens with one attached hydrogen (secondary N) is 1. The molecule has 1 atom stereocenters. The van der Waals surface area contributed by atoms with Gasteiger partial charge in [0.1, 0.15) is 18.1 Å². The number of hydrogen-bond acceptors (Lipinski definition) is 7. The van der Waals surface area contributed by atoms with Gasteiger partial charge >= 0.3 is 5.97 Å². The highest BCUT2D eigenvalue weighted by molar-refractivity contribution is 5.96. The molecule has 0 heterocycles. The fourth-order valence-electron chi connectivity index (χ4n) is 4.54. The minimum absolute atomic E-state index is 0.158. The first kappa shape index (κ1) is 30.3. The lowest BCUT2D eigenvalue weighted by molar-refractivity contribution is -0.140. The molecule has 0 radical (unpaired) electrons. The van der Waals surface area contributed by atoms with E-state index in [0.717, 1.165) is 35.3 Å². The van der Waals surface area contributed by atoms with Crippen molar-refractivity contribution in [3.05, 3.63) is 82.1 Å². The van der Waals surface area contributed by atoms with Crippen molar-refractivity contribution >= 4 is 11.9 Å². The van der Waals surface area contributed by atoms with E-state index in [1.165, 1.54) is 7.11 Å². The molecule has 1 aliphatic rings. The second kappa shape index (κ2) is 14.8. The molecule has 212 valence electrons. The summed E-state index contributed by atoms with van der Waals surface area (Å²) in [5, 5.41) is 12.4. The fraction of sp³-hybridized carbons (Fsp3) is 0.406. The number of amides is 1. The van der Waals surface area contributed by atoms with E-state index in [1.54, 1.807) is 26.4 Å². The van der Waals surface area contributed by atoms with Crippen molar-refractivity contribution < 1.29 is 28.5 Å². The van der Waals surface area contributed by atoms with E-state index < -0.39 is 0 Å². The van der Waals surface area contributed by atoms with E-state index >= 15 is 0 Å². The number of hydrogen-bond donors (Lipinski definition) is 1. The number of nitriles is 1. The number of esters is 1. The monoisotopic (exact) mass is 546 g/mol. The summed E-state index contributed by atoms with van der Waals surface area (Å²) < 4.78 is 21.7. The number of nitrogens with zero attached hydrogens (tertiary/aromatic N) is 1. The van der Waals surface area contributed by atoms with E-state index in [1.807, 2.05) is 36.4 Å². The van der Waals surface area contributed by atoms with E-state index in [-0.39, 0.29) is 30.9 Å². The highest BCUT2D eigenvalue weighted by Gasteiger charge is 2.22. The molecule has 0 saturated heterocycles. The first-order chi connectivity index (χ1) is 19.3. The number of ether oxygens (including phenoxy) is 4. The van der Waals surface area contributed by atoms with E-state index in [4.69, 9.17) is 18.9 Å². The van der Waals surface area contributed by atoms with E-state index in [9.17, 15) is 14.9 Å². The molecule has 0 spiro atoms. The van der Waals surface area contributed by atoms with Crippen molar-refractivity contribution in [1.29, 1.82) is 5.26 Å². The summed E-state index contributed by atoms with van der Waals surface area (Å²) in [6.45, 7) is 4.46.